The Bertz CT molecular complexity index is 419. The van der Waals surface area contributed by atoms with Gasteiger partial charge in [0.25, 0.3) is 5.91 Å². The standard InChI is InChI=1S/C12H17N3O2S/c1-9(16)7-10-5-3-2-4-6-15(10)12(17)11-8-13-14-18-11/h8,10H,2-7H2,1H3. The molecule has 2 heterocycles. The summed E-state index contributed by atoms with van der Waals surface area (Å²) >= 11 is 1.12. The van der Waals surface area contributed by atoms with E-state index in [1.54, 1.807) is 6.92 Å². The van der Waals surface area contributed by atoms with E-state index in [4.69, 9.17) is 0 Å². The maximum absolute atomic E-state index is 12.4. The lowest BCUT2D eigenvalue weighted by Gasteiger charge is -2.28. The van der Waals surface area contributed by atoms with Gasteiger partial charge in [-0.25, -0.2) is 0 Å². The third-order valence-electron chi connectivity index (χ3n) is 3.23. The van der Waals surface area contributed by atoms with Crippen LogP contribution >= 0.6 is 11.5 Å². The predicted octanol–water partition coefficient (Wildman–Crippen LogP) is 1.90. The second-order valence-electron chi connectivity index (χ2n) is 4.69. The molecule has 0 saturated carbocycles. The number of carbonyl (C=O) groups is 2. The molecule has 1 amide bonds. The molecule has 0 radical (unpaired) electrons. The molecule has 1 unspecified atom stereocenters. The van der Waals surface area contributed by atoms with Crippen LogP contribution in [0.25, 0.3) is 0 Å². The van der Waals surface area contributed by atoms with E-state index < -0.39 is 0 Å². The fourth-order valence-electron chi connectivity index (χ4n) is 2.39. The van der Waals surface area contributed by atoms with Crippen molar-refractivity contribution in [3.63, 3.8) is 0 Å². The number of carbonyl (C=O) groups excluding carboxylic acids is 2. The van der Waals surface area contributed by atoms with Crippen LogP contribution in [0.2, 0.25) is 0 Å². The Kier molecular flexibility index (Phi) is 4.41. The number of Topliss-reactive ketones (excluding diaryl/α,β-unsaturated/α-hetero) is 1. The quantitative estimate of drug-likeness (QED) is 0.839. The molecule has 6 heteroatoms. The van der Waals surface area contributed by atoms with Crippen molar-refractivity contribution in [2.24, 2.45) is 0 Å². The molecule has 1 aliphatic rings. The molecular weight excluding hydrogens is 250 g/mol. The molecule has 5 nitrogen and oxygen atoms in total. The van der Waals surface area contributed by atoms with Crippen LogP contribution < -0.4 is 0 Å². The van der Waals surface area contributed by atoms with Crippen molar-refractivity contribution >= 4 is 23.2 Å². The minimum atomic E-state index is -0.0295. The third kappa shape index (κ3) is 3.13. The van der Waals surface area contributed by atoms with E-state index in [0.717, 1.165) is 43.8 Å². The van der Waals surface area contributed by atoms with Gasteiger partial charge in [0.1, 0.15) is 10.7 Å². The second-order valence-corrected chi connectivity index (χ2v) is 5.48. The summed E-state index contributed by atoms with van der Waals surface area (Å²) in [5.41, 5.74) is 0. The minimum absolute atomic E-state index is 0.0295. The maximum Gasteiger partial charge on any atom is 0.267 e. The summed E-state index contributed by atoms with van der Waals surface area (Å²) in [6.07, 6.45) is 6.09. The first-order valence-electron chi connectivity index (χ1n) is 6.26. The van der Waals surface area contributed by atoms with E-state index in [-0.39, 0.29) is 17.7 Å². The molecule has 0 bridgehead atoms. The van der Waals surface area contributed by atoms with Crippen LogP contribution in [0.4, 0.5) is 0 Å². The molecule has 1 atom stereocenters. The molecule has 0 N–H and O–H groups in total. The van der Waals surface area contributed by atoms with Crippen molar-refractivity contribution in [3.05, 3.63) is 11.1 Å². The van der Waals surface area contributed by atoms with E-state index in [0.29, 0.717) is 11.3 Å². The minimum Gasteiger partial charge on any atom is -0.334 e. The lowest BCUT2D eigenvalue weighted by Crippen LogP contribution is -2.40. The van der Waals surface area contributed by atoms with Crippen LogP contribution in [0, 0.1) is 0 Å². The number of rotatable bonds is 3. The average Bonchev–Trinajstić information content (AvgIpc) is 2.76. The Morgan fingerprint density at radius 3 is 2.94 bits per heavy atom. The average molecular weight is 267 g/mol. The van der Waals surface area contributed by atoms with E-state index in [1.807, 2.05) is 4.90 Å². The van der Waals surface area contributed by atoms with Crippen LogP contribution in [0.15, 0.2) is 6.20 Å². The lowest BCUT2D eigenvalue weighted by molar-refractivity contribution is -0.118. The van der Waals surface area contributed by atoms with E-state index in [2.05, 4.69) is 9.59 Å². The van der Waals surface area contributed by atoms with E-state index >= 15 is 0 Å². The number of hydrogen-bond acceptors (Lipinski definition) is 5. The third-order valence-corrected chi connectivity index (χ3v) is 3.89. The predicted molar refractivity (Wildman–Crippen MR) is 68.5 cm³/mol. The molecule has 1 aromatic rings. The summed E-state index contributed by atoms with van der Waals surface area (Å²) in [4.78, 5) is 26.1. The monoisotopic (exact) mass is 267 g/mol. The van der Waals surface area contributed by atoms with Gasteiger partial charge in [0, 0.05) is 19.0 Å². The summed E-state index contributed by atoms with van der Waals surface area (Å²) in [7, 11) is 0. The number of ketones is 1. The van der Waals surface area contributed by atoms with Crippen LogP contribution in [0.1, 0.15) is 48.7 Å². The first kappa shape index (κ1) is 13.1. The first-order chi connectivity index (χ1) is 8.68. The molecule has 2 rings (SSSR count). The summed E-state index contributed by atoms with van der Waals surface area (Å²) in [6, 6.07) is 0.0413. The van der Waals surface area contributed by atoms with Gasteiger partial charge in [-0.15, -0.1) is 5.10 Å². The highest BCUT2D eigenvalue weighted by Crippen LogP contribution is 2.22. The molecule has 18 heavy (non-hydrogen) atoms. The molecule has 1 fully saturated rings. The van der Waals surface area contributed by atoms with Crippen molar-refractivity contribution in [3.8, 4) is 0 Å². The maximum atomic E-state index is 12.4. The number of nitrogens with zero attached hydrogens (tertiary/aromatic N) is 3. The lowest BCUT2D eigenvalue weighted by atomic mass is 10.0. The molecule has 1 saturated heterocycles. The van der Waals surface area contributed by atoms with Gasteiger partial charge in [0.2, 0.25) is 0 Å². The molecule has 1 aliphatic heterocycles. The van der Waals surface area contributed by atoms with Gasteiger partial charge in [-0.05, 0) is 31.3 Å². The van der Waals surface area contributed by atoms with Crippen LogP contribution in [0.5, 0.6) is 0 Å². The zero-order chi connectivity index (χ0) is 13.0. The highest BCUT2D eigenvalue weighted by atomic mass is 32.1. The Morgan fingerprint density at radius 2 is 2.28 bits per heavy atom. The smallest absolute Gasteiger partial charge is 0.267 e. The van der Waals surface area contributed by atoms with Crippen molar-refractivity contribution in [2.45, 2.75) is 45.1 Å². The van der Waals surface area contributed by atoms with Crippen LogP contribution in [0.3, 0.4) is 0 Å². The van der Waals surface area contributed by atoms with Gasteiger partial charge < -0.3 is 4.90 Å². The number of likely N-dealkylation sites (tertiary alicyclic amines) is 1. The van der Waals surface area contributed by atoms with E-state index in [1.165, 1.54) is 6.20 Å². The summed E-state index contributed by atoms with van der Waals surface area (Å²) in [6.45, 7) is 2.32. The Labute approximate surface area is 110 Å². The fraction of sp³-hybridized carbons (Fsp3) is 0.667. The van der Waals surface area contributed by atoms with Crippen molar-refractivity contribution < 1.29 is 9.59 Å². The summed E-state index contributed by atoms with van der Waals surface area (Å²) in [5.74, 6) is 0.111. The highest BCUT2D eigenvalue weighted by Gasteiger charge is 2.28. The van der Waals surface area contributed by atoms with Crippen molar-refractivity contribution in [1.29, 1.82) is 0 Å². The van der Waals surface area contributed by atoms with Crippen LogP contribution in [-0.2, 0) is 4.79 Å². The summed E-state index contributed by atoms with van der Waals surface area (Å²) in [5, 5.41) is 3.70. The van der Waals surface area contributed by atoms with Crippen LogP contribution in [-0.4, -0.2) is 38.8 Å². The highest BCUT2D eigenvalue weighted by molar-refractivity contribution is 7.07. The van der Waals surface area contributed by atoms with E-state index in [9.17, 15) is 9.59 Å². The summed E-state index contributed by atoms with van der Waals surface area (Å²) < 4.78 is 3.72. The number of hydrogen-bond donors (Lipinski definition) is 0. The Morgan fingerprint density at radius 1 is 1.44 bits per heavy atom. The van der Waals surface area contributed by atoms with Gasteiger partial charge in [-0.1, -0.05) is 17.3 Å². The van der Waals surface area contributed by atoms with Gasteiger partial charge in [-0.3, -0.25) is 9.59 Å². The van der Waals surface area contributed by atoms with Gasteiger partial charge in [0.05, 0.1) is 6.20 Å². The zero-order valence-electron chi connectivity index (χ0n) is 10.5. The Hall–Kier alpha value is -1.30. The van der Waals surface area contributed by atoms with Crippen molar-refractivity contribution in [1.82, 2.24) is 14.5 Å². The number of aromatic nitrogens is 2. The molecular formula is C12H17N3O2S. The SMILES string of the molecule is CC(=O)CC1CCCCCN1C(=O)c1cnns1. The second kappa shape index (κ2) is 6.04. The zero-order valence-corrected chi connectivity index (χ0v) is 11.3. The molecule has 0 aromatic carbocycles. The molecule has 0 spiro atoms. The van der Waals surface area contributed by atoms with Gasteiger partial charge in [-0.2, -0.15) is 0 Å². The van der Waals surface area contributed by atoms with Crippen molar-refractivity contribution in [2.75, 3.05) is 6.54 Å². The molecule has 98 valence electrons. The largest absolute Gasteiger partial charge is 0.334 e. The fourth-order valence-corrected chi connectivity index (χ4v) is 2.86. The topological polar surface area (TPSA) is 63.2 Å². The first-order valence-corrected chi connectivity index (χ1v) is 7.03. The van der Waals surface area contributed by atoms with Gasteiger partial charge >= 0.3 is 0 Å². The molecule has 1 aromatic heterocycles. The number of amides is 1. The molecule has 0 aliphatic carbocycles. The Balaban J connectivity index is 2.14. The van der Waals surface area contributed by atoms with Gasteiger partial charge in [0.15, 0.2) is 0 Å². The normalized spacial score (nSPS) is 20.5.